The van der Waals surface area contributed by atoms with Crippen LogP contribution >= 0.6 is 0 Å². The van der Waals surface area contributed by atoms with Gasteiger partial charge < -0.3 is 15.3 Å². The highest BCUT2D eigenvalue weighted by Crippen LogP contribution is 2.44. The average molecular weight is 257 g/mol. The lowest BCUT2D eigenvalue weighted by Gasteiger charge is -2.40. The van der Waals surface area contributed by atoms with Gasteiger partial charge in [0.1, 0.15) is 0 Å². The van der Waals surface area contributed by atoms with Gasteiger partial charge >= 0.3 is 0 Å². The smallest absolute Gasteiger partial charge is 0.0960 e. The van der Waals surface area contributed by atoms with E-state index in [1.807, 2.05) is 6.07 Å². The van der Waals surface area contributed by atoms with E-state index in [-0.39, 0.29) is 5.41 Å². The number of hydrogen-bond acceptors (Lipinski definition) is 3. The molecule has 2 unspecified atom stereocenters. The Morgan fingerprint density at radius 2 is 2.05 bits per heavy atom. The topological polar surface area (TPSA) is 59.4 Å². The molecule has 0 amide bonds. The van der Waals surface area contributed by atoms with E-state index in [1.54, 1.807) is 12.5 Å². The van der Waals surface area contributed by atoms with Crippen molar-refractivity contribution in [3.8, 4) is 0 Å². The van der Waals surface area contributed by atoms with Crippen LogP contribution in [0.15, 0.2) is 47.3 Å². The Hall–Kier alpha value is -1.58. The lowest BCUT2D eigenvalue weighted by molar-refractivity contribution is 0.0173. The van der Waals surface area contributed by atoms with Crippen molar-refractivity contribution in [3.63, 3.8) is 0 Å². The Labute approximate surface area is 113 Å². The minimum atomic E-state index is -0.565. The van der Waals surface area contributed by atoms with E-state index in [0.29, 0.717) is 6.54 Å². The van der Waals surface area contributed by atoms with Gasteiger partial charge in [-0.05, 0) is 36.5 Å². The van der Waals surface area contributed by atoms with Crippen LogP contribution in [0.1, 0.15) is 29.2 Å². The van der Waals surface area contributed by atoms with Gasteiger partial charge in [0.2, 0.25) is 0 Å². The molecule has 19 heavy (non-hydrogen) atoms. The summed E-state index contributed by atoms with van der Waals surface area (Å²) >= 11 is 0. The standard InChI is InChI=1S/C16H19NO2/c17-11-16(15(18)14-6-8-19-10-14)7-5-12-3-1-2-4-13(12)9-16/h1-4,6,8,10,15,18H,5,7,9,11,17H2. The van der Waals surface area contributed by atoms with Gasteiger partial charge in [-0.3, -0.25) is 0 Å². The van der Waals surface area contributed by atoms with Crippen LogP contribution in [-0.2, 0) is 12.8 Å². The van der Waals surface area contributed by atoms with Gasteiger partial charge in [0.15, 0.2) is 0 Å². The number of hydrogen-bond donors (Lipinski definition) is 2. The van der Waals surface area contributed by atoms with Crippen LogP contribution < -0.4 is 5.73 Å². The van der Waals surface area contributed by atoms with Crippen LogP contribution in [0.2, 0.25) is 0 Å². The first-order valence-electron chi connectivity index (χ1n) is 6.72. The number of aliphatic hydroxyl groups excluding tert-OH is 1. The average Bonchev–Trinajstić information content (AvgIpc) is 3.00. The van der Waals surface area contributed by atoms with E-state index in [1.165, 1.54) is 11.1 Å². The number of aliphatic hydroxyl groups is 1. The molecular weight excluding hydrogens is 238 g/mol. The first-order valence-corrected chi connectivity index (χ1v) is 6.72. The van der Waals surface area contributed by atoms with Gasteiger partial charge in [-0.25, -0.2) is 0 Å². The highest BCUT2D eigenvalue weighted by Gasteiger charge is 2.40. The zero-order valence-corrected chi connectivity index (χ0v) is 10.9. The number of benzene rings is 1. The predicted molar refractivity (Wildman–Crippen MR) is 73.6 cm³/mol. The molecule has 2 aromatic rings. The third kappa shape index (κ3) is 2.09. The first kappa shape index (κ1) is 12.5. The van der Waals surface area contributed by atoms with Gasteiger partial charge in [0.25, 0.3) is 0 Å². The summed E-state index contributed by atoms with van der Waals surface area (Å²) in [5.74, 6) is 0. The molecule has 1 aliphatic carbocycles. The van der Waals surface area contributed by atoms with Crippen LogP contribution in [0, 0.1) is 5.41 Å². The molecule has 0 saturated carbocycles. The van der Waals surface area contributed by atoms with E-state index < -0.39 is 6.10 Å². The lowest BCUT2D eigenvalue weighted by Crippen LogP contribution is -2.41. The molecule has 1 aliphatic rings. The molecule has 1 aromatic carbocycles. The van der Waals surface area contributed by atoms with E-state index >= 15 is 0 Å². The molecule has 0 aliphatic heterocycles. The fourth-order valence-corrected chi connectivity index (χ4v) is 3.13. The van der Waals surface area contributed by atoms with E-state index in [9.17, 15) is 5.11 Å². The molecule has 1 heterocycles. The molecule has 0 fully saturated rings. The van der Waals surface area contributed by atoms with Gasteiger partial charge in [0, 0.05) is 17.5 Å². The van der Waals surface area contributed by atoms with Gasteiger partial charge in [-0.15, -0.1) is 0 Å². The van der Waals surface area contributed by atoms with E-state index in [2.05, 4.69) is 24.3 Å². The normalized spacial score (nSPS) is 23.9. The molecule has 0 radical (unpaired) electrons. The largest absolute Gasteiger partial charge is 0.472 e. The fourth-order valence-electron chi connectivity index (χ4n) is 3.13. The third-order valence-electron chi connectivity index (χ3n) is 4.40. The van der Waals surface area contributed by atoms with Crippen molar-refractivity contribution < 1.29 is 9.52 Å². The Balaban J connectivity index is 1.94. The maximum Gasteiger partial charge on any atom is 0.0960 e. The molecule has 2 atom stereocenters. The molecule has 3 N–H and O–H groups in total. The summed E-state index contributed by atoms with van der Waals surface area (Å²) in [5.41, 5.74) is 9.24. The van der Waals surface area contributed by atoms with Crippen molar-refractivity contribution in [2.75, 3.05) is 6.54 Å². The Morgan fingerprint density at radius 1 is 1.26 bits per heavy atom. The molecule has 3 rings (SSSR count). The van der Waals surface area contributed by atoms with Gasteiger partial charge in [0.05, 0.1) is 18.6 Å². The van der Waals surface area contributed by atoms with Crippen LogP contribution in [0.5, 0.6) is 0 Å². The molecule has 0 saturated heterocycles. The van der Waals surface area contributed by atoms with Crippen molar-refractivity contribution in [3.05, 3.63) is 59.5 Å². The van der Waals surface area contributed by atoms with Crippen molar-refractivity contribution in [1.82, 2.24) is 0 Å². The maximum absolute atomic E-state index is 10.7. The van der Waals surface area contributed by atoms with Crippen LogP contribution in [0.25, 0.3) is 0 Å². The van der Waals surface area contributed by atoms with Crippen molar-refractivity contribution in [2.24, 2.45) is 11.1 Å². The lowest BCUT2D eigenvalue weighted by atomic mass is 9.67. The molecule has 0 bridgehead atoms. The quantitative estimate of drug-likeness (QED) is 0.888. The van der Waals surface area contributed by atoms with Crippen LogP contribution in [0.3, 0.4) is 0 Å². The monoisotopic (exact) mass is 257 g/mol. The molecule has 1 aromatic heterocycles. The van der Waals surface area contributed by atoms with Crippen molar-refractivity contribution in [2.45, 2.75) is 25.4 Å². The Bertz CT molecular complexity index is 550. The minimum absolute atomic E-state index is 0.280. The summed E-state index contributed by atoms with van der Waals surface area (Å²) < 4.78 is 5.08. The molecule has 0 spiro atoms. The number of nitrogens with two attached hydrogens (primary N) is 1. The second kappa shape index (κ2) is 4.83. The second-order valence-electron chi connectivity index (χ2n) is 5.47. The molecule has 100 valence electrons. The highest BCUT2D eigenvalue weighted by atomic mass is 16.3. The van der Waals surface area contributed by atoms with Crippen LogP contribution in [0.4, 0.5) is 0 Å². The van der Waals surface area contributed by atoms with Gasteiger partial charge in [-0.2, -0.15) is 0 Å². The summed E-state index contributed by atoms with van der Waals surface area (Å²) in [4.78, 5) is 0. The maximum atomic E-state index is 10.7. The summed E-state index contributed by atoms with van der Waals surface area (Å²) in [5, 5.41) is 10.7. The Morgan fingerprint density at radius 3 is 2.74 bits per heavy atom. The summed E-state index contributed by atoms with van der Waals surface area (Å²) in [6.07, 6.45) is 5.35. The number of rotatable bonds is 3. The zero-order valence-electron chi connectivity index (χ0n) is 10.9. The Kier molecular flexibility index (Phi) is 3.17. The molecule has 3 heteroatoms. The SMILES string of the molecule is NCC1(C(O)c2ccoc2)CCc2ccccc2C1. The summed E-state index contributed by atoms with van der Waals surface area (Å²) in [6, 6.07) is 10.3. The van der Waals surface area contributed by atoms with Crippen LogP contribution in [-0.4, -0.2) is 11.7 Å². The van der Waals surface area contributed by atoms with Gasteiger partial charge in [-0.1, -0.05) is 24.3 Å². The molecule has 3 nitrogen and oxygen atoms in total. The minimum Gasteiger partial charge on any atom is -0.472 e. The summed E-state index contributed by atoms with van der Waals surface area (Å²) in [7, 11) is 0. The second-order valence-corrected chi connectivity index (χ2v) is 5.47. The summed E-state index contributed by atoms with van der Waals surface area (Å²) in [6.45, 7) is 0.480. The zero-order chi connectivity index (χ0) is 13.3. The molecular formula is C16H19NO2. The predicted octanol–water partition coefficient (Wildman–Crippen LogP) is 2.45. The number of furan rings is 1. The third-order valence-corrected chi connectivity index (χ3v) is 4.40. The van der Waals surface area contributed by atoms with E-state index in [0.717, 1.165) is 24.8 Å². The first-order chi connectivity index (χ1) is 9.25. The number of aryl methyl sites for hydroxylation is 1. The fraction of sp³-hybridized carbons (Fsp3) is 0.375. The number of fused-ring (bicyclic) bond motifs is 1. The van der Waals surface area contributed by atoms with E-state index in [4.69, 9.17) is 10.2 Å². The highest BCUT2D eigenvalue weighted by molar-refractivity contribution is 5.32. The van der Waals surface area contributed by atoms with Crippen molar-refractivity contribution in [1.29, 1.82) is 0 Å². The van der Waals surface area contributed by atoms with Crippen molar-refractivity contribution >= 4 is 0 Å².